The molecule has 228 valence electrons. The molecule has 3 aromatic carbocycles. The van der Waals surface area contributed by atoms with Crippen molar-refractivity contribution in [2.45, 2.75) is 58.1 Å². The van der Waals surface area contributed by atoms with Crippen LogP contribution in [0.3, 0.4) is 0 Å². The molecule has 0 spiro atoms. The fourth-order valence-electron chi connectivity index (χ4n) is 6.03. The number of rotatable bonds is 7. The second-order valence-corrected chi connectivity index (χ2v) is 12.0. The molecule has 43 heavy (non-hydrogen) atoms. The van der Waals surface area contributed by atoms with Crippen molar-refractivity contribution in [3.05, 3.63) is 66.2 Å². The summed E-state index contributed by atoms with van der Waals surface area (Å²) in [5, 5.41) is 18.0. The van der Waals surface area contributed by atoms with Crippen LogP contribution in [-0.2, 0) is 4.79 Å². The number of aliphatic hydroxyl groups excluding tert-OH is 1. The van der Waals surface area contributed by atoms with E-state index in [0.29, 0.717) is 23.5 Å². The Morgan fingerprint density at radius 2 is 1.79 bits per heavy atom. The van der Waals surface area contributed by atoms with Crippen LogP contribution in [0.5, 0.6) is 5.75 Å². The SMILES string of the molecule is C[C@H](CO)N1C[C@H](C)[C@H](CN(C)C(=O)Nc2cccc3ccccc23)Oc2ccc(NC(=O)C3CCCCC3)cc2C1=O. The summed E-state index contributed by atoms with van der Waals surface area (Å²) in [5.74, 6) is -0.0725. The van der Waals surface area contributed by atoms with Crippen LogP contribution in [0.15, 0.2) is 60.7 Å². The van der Waals surface area contributed by atoms with Gasteiger partial charge in [-0.2, -0.15) is 0 Å². The van der Waals surface area contributed by atoms with Crippen molar-refractivity contribution in [1.29, 1.82) is 0 Å². The van der Waals surface area contributed by atoms with Gasteiger partial charge < -0.3 is 30.3 Å². The number of likely N-dealkylation sites (N-methyl/N-ethyl adjacent to an activating group) is 1. The van der Waals surface area contributed by atoms with E-state index >= 15 is 0 Å². The maximum absolute atomic E-state index is 13.8. The van der Waals surface area contributed by atoms with Gasteiger partial charge in [0, 0.05) is 36.5 Å². The minimum Gasteiger partial charge on any atom is -0.487 e. The Bertz CT molecular complexity index is 1460. The molecular weight excluding hydrogens is 544 g/mol. The molecule has 1 heterocycles. The molecule has 9 heteroatoms. The first-order chi connectivity index (χ1) is 20.7. The normalized spacial score (nSPS) is 19.9. The molecule has 3 N–H and O–H groups in total. The van der Waals surface area contributed by atoms with E-state index in [1.165, 1.54) is 0 Å². The first-order valence-electron chi connectivity index (χ1n) is 15.3. The maximum Gasteiger partial charge on any atom is 0.321 e. The number of ether oxygens (including phenoxy) is 1. The molecule has 1 aliphatic heterocycles. The average molecular weight is 587 g/mol. The summed E-state index contributed by atoms with van der Waals surface area (Å²) in [4.78, 5) is 43.2. The number of carbonyl (C=O) groups excluding carboxylic acids is 3. The Morgan fingerprint density at radius 3 is 2.56 bits per heavy atom. The van der Waals surface area contributed by atoms with Gasteiger partial charge in [-0.05, 0) is 49.4 Å². The predicted molar refractivity (Wildman–Crippen MR) is 168 cm³/mol. The number of aliphatic hydroxyl groups is 1. The smallest absolute Gasteiger partial charge is 0.321 e. The molecule has 0 unspecified atom stereocenters. The van der Waals surface area contributed by atoms with Crippen LogP contribution in [-0.4, -0.2) is 71.6 Å². The first-order valence-corrected chi connectivity index (χ1v) is 15.3. The fraction of sp³-hybridized carbons (Fsp3) is 0.441. The van der Waals surface area contributed by atoms with Gasteiger partial charge in [-0.3, -0.25) is 9.59 Å². The maximum atomic E-state index is 13.8. The summed E-state index contributed by atoms with van der Waals surface area (Å²) in [5.41, 5.74) is 1.59. The second-order valence-electron chi connectivity index (χ2n) is 12.0. The van der Waals surface area contributed by atoms with Gasteiger partial charge in [-0.25, -0.2) is 4.79 Å². The Kier molecular flexibility index (Phi) is 9.50. The lowest BCUT2D eigenvalue weighted by atomic mass is 9.88. The number of anilines is 2. The third-order valence-electron chi connectivity index (χ3n) is 8.74. The van der Waals surface area contributed by atoms with Gasteiger partial charge in [0.25, 0.3) is 5.91 Å². The van der Waals surface area contributed by atoms with Gasteiger partial charge in [0.05, 0.1) is 30.4 Å². The standard InChI is InChI=1S/C34H42N4O5/c1-22-19-38(23(2)21-39)33(41)28-18-26(35-32(40)25-11-5-4-6-12-25)16-17-30(28)43-31(22)20-37(3)34(42)36-29-15-9-13-24-10-7-8-14-27(24)29/h7-10,13-18,22-23,25,31,39H,4-6,11-12,19-21H2,1-3H3,(H,35,40)(H,36,42)/t22-,23+,31-/m0/s1. The van der Waals surface area contributed by atoms with Crippen molar-refractivity contribution < 1.29 is 24.2 Å². The van der Waals surface area contributed by atoms with Crippen LogP contribution < -0.4 is 15.4 Å². The summed E-state index contributed by atoms with van der Waals surface area (Å²) < 4.78 is 6.45. The van der Waals surface area contributed by atoms with E-state index in [2.05, 4.69) is 10.6 Å². The largest absolute Gasteiger partial charge is 0.487 e. The number of urea groups is 1. The van der Waals surface area contributed by atoms with E-state index in [1.807, 2.05) is 49.4 Å². The molecular formula is C34H42N4O5. The highest BCUT2D eigenvalue weighted by atomic mass is 16.5. The third-order valence-corrected chi connectivity index (χ3v) is 8.74. The van der Waals surface area contributed by atoms with Gasteiger partial charge >= 0.3 is 6.03 Å². The third kappa shape index (κ3) is 6.94. The van der Waals surface area contributed by atoms with E-state index in [9.17, 15) is 19.5 Å². The van der Waals surface area contributed by atoms with Gasteiger partial charge in [-0.15, -0.1) is 0 Å². The molecule has 1 saturated carbocycles. The van der Waals surface area contributed by atoms with Crippen LogP contribution in [0.4, 0.5) is 16.2 Å². The number of fused-ring (bicyclic) bond motifs is 2. The molecule has 1 aliphatic carbocycles. The monoisotopic (exact) mass is 586 g/mol. The predicted octanol–water partition coefficient (Wildman–Crippen LogP) is 5.74. The summed E-state index contributed by atoms with van der Waals surface area (Å²) in [6, 6.07) is 18.1. The van der Waals surface area contributed by atoms with Crippen LogP contribution in [0, 0.1) is 11.8 Å². The molecule has 0 aromatic heterocycles. The highest BCUT2D eigenvalue weighted by molar-refractivity contribution is 6.02. The van der Waals surface area contributed by atoms with Crippen molar-refractivity contribution in [2.24, 2.45) is 11.8 Å². The summed E-state index contributed by atoms with van der Waals surface area (Å²) in [6.07, 6.45) is 4.58. The van der Waals surface area contributed by atoms with E-state index in [1.54, 1.807) is 42.0 Å². The Hall–Kier alpha value is -4.11. The molecule has 9 nitrogen and oxygen atoms in total. The lowest BCUT2D eigenvalue weighted by Crippen LogP contribution is -2.50. The van der Waals surface area contributed by atoms with Gasteiger partial charge in [0.1, 0.15) is 11.9 Å². The summed E-state index contributed by atoms with van der Waals surface area (Å²) in [7, 11) is 1.72. The lowest BCUT2D eigenvalue weighted by Gasteiger charge is -2.38. The Labute approximate surface area is 253 Å². The number of carbonyl (C=O) groups is 3. The molecule has 3 aromatic rings. The Morgan fingerprint density at radius 1 is 1.05 bits per heavy atom. The van der Waals surface area contributed by atoms with E-state index in [4.69, 9.17) is 4.74 Å². The number of nitrogens with one attached hydrogen (secondary N) is 2. The number of nitrogens with zero attached hydrogens (tertiary/aromatic N) is 2. The molecule has 0 saturated heterocycles. The van der Waals surface area contributed by atoms with Crippen molar-refractivity contribution in [3.63, 3.8) is 0 Å². The summed E-state index contributed by atoms with van der Waals surface area (Å²) >= 11 is 0. The first kappa shape index (κ1) is 30.4. The highest BCUT2D eigenvalue weighted by Crippen LogP contribution is 2.32. The Balaban J connectivity index is 1.36. The topological polar surface area (TPSA) is 111 Å². The molecule has 4 amide bonds. The fourth-order valence-corrected chi connectivity index (χ4v) is 6.03. The quantitative estimate of drug-likeness (QED) is 0.327. The molecule has 0 radical (unpaired) electrons. The van der Waals surface area contributed by atoms with Gasteiger partial charge in [0.15, 0.2) is 0 Å². The van der Waals surface area contributed by atoms with Gasteiger partial charge in [0.2, 0.25) is 5.91 Å². The van der Waals surface area contributed by atoms with Crippen molar-refractivity contribution in [3.8, 4) is 5.75 Å². The lowest BCUT2D eigenvalue weighted by molar-refractivity contribution is -0.120. The minimum atomic E-state index is -0.439. The molecule has 0 bridgehead atoms. The van der Waals surface area contributed by atoms with Gasteiger partial charge in [-0.1, -0.05) is 62.6 Å². The van der Waals surface area contributed by atoms with Crippen LogP contribution in [0.2, 0.25) is 0 Å². The van der Waals surface area contributed by atoms with Crippen LogP contribution >= 0.6 is 0 Å². The minimum absolute atomic E-state index is 0.0191. The molecule has 3 atom stereocenters. The van der Waals surface area contributed by atoms with E-state index in [0.717, 1.165) is 48.6 Å². The number of amides is 4. The number of hydrogen-bond donors (Lipinski definition) is 3. The van der Waals surface area contributed by atoms with Crippen LogP contribution in [0.25, 0.3) is 10.8 Å². The van der Waals surface area contributed by atoms with Crippen molar-refractivity contribution in [2.75, 3.05) is 37.4 Å². The van der Waals surface area contributed by atoms with E-state index in [-0.39, 0.29) is 42.8 Å². The van der Waals surface area contributed by atoms with Crippen molar-refractivity contribution >= 4 is 40.0 Å². The highest BCUT2D eigenvalue weighted by Gasteiger charge is 2.34. The zero-order chi connectivity index (χ0) is 30.5. The van der Waals surface area contributed by atoms with Crippen molar-refractivity contribution in [1.82, 2.24) is 9.80 Å². The average Bonchev–Trinajstić information content (AvgIpc) is 3.03. The van der Waals surface area contributed by atoms with E-state index < -0.39 is 12.1 Å². The number of benzene rings is 3. The van der Waals surface area contributed by atoms with Crippen LogP contribution in [0.1, 0.15) is 56.3 Å². The second kappa shape index (κ2) is 13.5. The summed E-state index contributed by atoms with van der Waals surface area (Å²) in [6.45, 7) is 4.20. The molecule has 2 aliphatic rings. The zero-order valence-corrected chi connectivity index (χ0v) is 25.2. The molecule has 1 fully saturated rings. The zero-order valence-electron chi connectivity index (χ0n) is 25.2. The molecule has 5 rings (SSSR count). The number of hydrogen-bond acceptors (Lipinski definition) is 5.